The minimum Gasteiger partial charge on any atom is -0.339 e. The zero-order valence-corrected chi connectivity index (χ0v) is 17.2. The Kier molecular flexibility index (Phi) is 5.89. The molecule has 0 N–H and O–H groups in total. The maximum atomic E-state index is 12.9. The summed E-state index contributed by atoms with van der Waals surface area (Å²) in [5, 5.41) is 4.54. The summed E-state index contributed by atoms with van der Waals surface area (Å²) in [6.07, 6.45) is 6.95. The second kappa shape index (κ2) is 8.56. The number of piperidine rings is 1. The number of benzene rings is 1. The predicted molar refractivity (Wildman–Crippen MR) is 107 cm³/mol. The van der Waals surface area contributed by atoms with Crippen molar-refractivity contribution in [3.8, 4) is 11.5 Å². The molecule has 1 aromatic carbocycles. The summed E-state index contributed by atoms with van der Waals surface area (Å²) in [7, 11) is -3.41. The summed E-state index contributed by atoms with van der Waals surface area (Å²) in [6, 6.07) is 6.90. The first-order valence-corrected chi connectivity index (χ1v) is 11.3. The molecule has 0 radical (unpaired) electrons. The van der Waals surface area contributed by atoms with E-state index in [0.29, 0.717) is 41.9 Å². The molecule has 1 atom stereocenters. The summed E-state index contributed by atoms with van der Waals surface area (Å²) in [5.74, 6) is 0.955. The van der Waals surface area contributed by atoms with Crippen molar-refractivity contribution in [2.45, 2.75) is 25.0 Å². The lowest BCUT2D eigenvalue weighted by Gasteiger charge is -2.31. The lowest BCUT2D eigenvalue weighted by molar-refractivity contribution is 0.247. The fourth-order valence-electron chi connectivity index (χ4n) is 3.43. The molecule has 0 saturated carbocycles. The number of aromatic nitrogens is 4. The van der Waals surface area contributed by atoms with Crippen LogP contribution in [-0.4, -0.2) is 45.9 Å². The van der Waals surface area contributed by atoms with E-state index in [1.807, 2.05) is 0 Å². The van der Waals surface area contributed by atoms with E-state index in [2.05, 4.69) is 20.1 Å². The van der Waals surface area contributed by atoms with Gasteiger partial charge in [-0.1, -0.05) is 28.9 Å². The molecule has 152 valence electrons. The molecule has 1 unspecified atom stereocenters. The van der Waals surface area contributed by atoms with E-state index in [-0.39, 0.29) is 11.7 Å². The quantitative estimate of drug-likeness (QED) is 0.588. The van der Waals surface area contributed by atoms with Crippen LogP contribution in [0.4, 0.5) is 0 Å². The van der Waals surface area contributed by atoms with Crippen molar-refractivity contribution >= 4 is 21.6 Å². The van der Waals surface area contributed by atoms with Crippen LogP contribution >= 0.6 is 11.6 Å². The first-order valence-electron chi connectivity index (χ1n) is 9.31. The Hall–Kier alpha value is -2.36. The molecule has 8 nitrogen and oxygen atoms in total. The predicted octanol–water partition coefficient (Wildman–Crippen LogP) is 2.96. The number of rotatable bonds is 6. The molecule has 3 aromatic rings. The van der Waals surface area contributed by atoms with Crippen molar-refractivity contribution in [1.82, 2.24) is 24.4 Å². The van der Waals surface area contributed by atoms with E-state index in [0.717, 1.165) is 18.4 Å². The van der Waals surface area contributed by atoms with Crippen molar-refractivity contribution in [3.63, 3.8) is 0 Å². The molecule has 1 saturated heterocycles. The van der Waals surface area contributed by atoms with E-state index >= 15 is 0 Å². The standard InChI is InChI=1S/C19H20ClN5O3S/c20-16-5-3-14(4-6-16)13-29(26,27)25-9-1-2-15(12-25)10-18-23-19(24-28-18)17-11-21-7-8-22-17/h3-8,11,15H,1-2,9-10,12-13H2. The van der Waals surface area contributed by atoms with Gasteiger partial charge in [-0.25, -0.2) is 17.7 Å². The molecular weight excluding hydrogens is 414 g/mol. The van der Waals surface area contributed by atoms with Crippen LogP contribution in [-0.2, 0) is 22.2 Å². The van der Waals surface area contributed by atoms with Crippen LogP contribution < -0.4 is 0 Å². The van der Waals surface area contributed by atoms with Gasteiger partial charge in [0.2, 0.25) is 21.7 Å². The van der Waals surface area contributed by atoms with Gasteiger partial charge in [-0.2, -0.15) is 4.98 Å². The van der Waals surface area contributed by atoms with Gasteiger partial charge in [0.1, 0.15) is 5.69 Å². The number of hydrogen-bond donors (Lipinski definition) is 0. The fraction of sp³-hybridized carbons (Fsp3) is 0.368. The van der Waals surface area contributed by atoms with Gasteiger partial charge < -0.3 is 4.52 Å². The summed E-state index contributed by atoms with van der Waals surface area (Å²) in [4.78, 5) is 12.5. The fourth-order valence-corrected chi connectivity index (χ4v) is 5.20. The normalized spacial score (nSPS) is 18.0. The molecule has 29 heavy (non-hydrogen) atoms. The lowest BCUT2D eigenvalue weighted by atomic mass is 9.96. The third-order valence-corrected chi connectivity index (χ3v) is 6.93. The highest BCUT2D eigenvalue weighted by Crippen LogP contribution is 2.25. The molecule has 0 spiro atoms. The van der Waals surface area contributed by atoms with E-state index in [1.165, 1.54) is 0 Å². The molecule has 1 aliphatic heterocycles. The summed E-state index contributed by atoms with van der Waals surface area (Å²) in [5.41, 5.74) is 1.26. The SMILES string of the molecule is O=S(=O)(Cc1ccc(Cl)cc1)N1CCCC(Cc2nc(-c3cnccn3)no2)C1. The van der Waals surface area contributed by atoms with Gasteiger partial charge >= 0.3 is 0 Å². The summed E-state index contributed by atoms with van der Waals surface area (Å²) in [6.45, 7) is 0.972. The molecule has 10 heteroatoms. The molecule has 4 rings (SSSR count). The maximum Gasteiger partial charge on any atom is 0.227 e. The van der Waals surface area contributed by atoms with Crippen LogP contribution in [0.1, 0.15) is 24.3 Å². The molecule has 0 amide bonds. The average molecular weight is 434 g/mol. The molecule has 0 bridgehead atoms. The number of halogens is 1. The Balaban J connectivity index is 1.40. The molecule has 1 aliphatic rings. The third kappa shape index (κ3) is 4.98. The zero-order valence-electron chi connectivity index (χ0n) is 15.6. The Morgan fingerprint density at radius 1 is 1.21 bits per heavy atom. The van der Waals surface area contributed by atoms with Gasteiger partial charge in [0.25, 0.3) is 0 Å². The zero-order chi connectivity index (χ0) is 20.3. The Bertz CT molecular complexity index is 1060. The van der Waals surface area contributed by atoms with Gasteiger partial charge in [-0.15, -0.1) is 0 Å². The minimum absolute atomic E-state index is 0.0335. The molecule has 2 aromatic heterocycles. The topological polar surface area (TPSA) is 102 Å². The summed E-state index contributed by atoms with van der Waals surface area (Å²) < 4.78 is 32.6. The van der Waals surface area contributed by atoms with E-state index in [1.54, 1.807) is 47.2 Å². The smallest absolute Gasteiger partial charge is 0.227 e. The molecule has 0 aliphatic carbocycles. The highest BCUT2D eigenvalue weighted by Gasteiger charge is 2.30. The Morgan fingerprint density at radius 2 is 2.03 bits per heavy atom. The first kappa shape index (κ1) is 19.9. The lowest BCUT2D eigenvalue weighted by Crippen LogP contribution is -2.41. The van der Waals surface area contributed by atoms with Crippen LogP contribution in [0.5, 0.6) is 0 Å². The van der Waals surface area contributed by atoms with Gasteiger partial charge in [0, 0.05) is 36.9 Å². The third-order valence-electron chi connectivity index (χ3n) is 4.86. The van der Waals surface area contributed by atoms with Crippen LogP contribution in [0.15, 0.2) is 47.4 Å². The highest BCUT2D eigenvalue weighted by atomic mass is 35.5. The number of sulfonamides is 1. The second-order valence-electron chi connectivity index (χ2n) is 7.06. The van der Waals surface area contributed by atoms with E-state index in [9.17, 15) is 8.42 Å². The van der Waals surface area contributed by atoms with Gasteiger partial charge in [0.15, 0.2) is 0 Å². The molecule has 1 fully saturated rings. The first-order chi connectivity index (χ1) is 14.0. The Labute approximate surface area is 174 Å². The maximum absolute atomic E-state index is 12.9. The minimum atomic E-state index is -3.41. The second-order valence-corrected chi connectivity index (χ2v) is 9.46. The van der Waals surface area contributed by atoms with Gasteiger partial charge in [0.05, 0.1) is 11.9 Å². The van der Waals surface area contributed by atoms with Crippen molar-refractivity contribution in [2.75, 3.05) is 13.1 Å². The van der Waals surface area contributed by atoms with E-state index < -0.39 is 10.0 Å². The van der Waals surface area contributed by atoms with Crippen LogP contribution in [0.25, 0.3) is 11.5 Å². The van der Waals surface area contributed by atoms with E-state index in [4.69, 9.17) is 16.1 Å². The highest BCUT2D eigenvalue weighted by molar-refractivity contribution is 7.88. The van der Waals surface area contributed by atoms with Crippen molar-refractivity contribution in [1.29, 1.82) is 0 Å². The van der Waals surface area contributed by atoms with Crippen molar-refractivity contribution in [3.05, 3.63) is 59.3 Å². The van der Waals surface area contributed by atoms with Crippen LogP contribution in [0.3, 0.4) is 0 Å². The van der Waals surface area contributed by atoms with Crippen molar-refractivity contribution in [2.24, 2.45) is 5.92 Å². The number of hydrogen-bond acceptors (Lipinski definition) is 7. The van der Waals surface area contributed by atoms with Crippen LogP contribution in [0, 0.1) is 5.92 Å². The largest absolute Gasteiger partial charge is 0.339 e. The summed E-state index contributed by atoms with van der Waals surface area (Å²) >= 11 is 5.88. The average Bonchev–Trinajstić information content (AvgIpc) is 3.19. The Morgan fingerprint density at radius 3 is 2.79 bits per heavy atom. The monoisotopic (exact) mass is 433 g/mol. The number of nitrogens with zero attached hydrogens (tertiary/aromatic N) is 5. The molecule has 3 heterocycles. The molecular formula is C19H20ClN5O3S. The van der Waals surface area contributed by atoms with Crippen molar-refractivity contribution < 1.29 is 12.9 Å². The van der Waals surface area contributed by atoms with Gasteiger partial charge in [-0.05, 0) is 36.5 Å². The van der Waals surface area contributed by atoms with Gasteiger partial charge in [-0.3, -0.25) is 4.98 Å². The van der Waals surface area contributed by atoms with Crippen LogP contribution in [0.2, 0.25) is 5.02 Å².